The summed E-state index contributed by atoms with van der Waals surface area (Å²) in [4.78, 5) is 14.3. The smallest absolute Gasteiger partial charge is 0.254 e. The number of rotatable bonds is 2. The van der Waals surface area contributed by atoms with E-state index in [-0.39, 0.29) is 11.9 Å². The Labute approximate surface area is 121 Å². The van der Waals surface area contributed by atoms with Crippen molar-refractivity contribution < 1.29 is 9.18 Å². The zero-order valence-corrected chi connectivity index (χ0v) is 12.5. The van der Waals surface area contributed by atoms with Gasteiger partial charge in [-0.05, 0) is 52.9 Å². The third-order valence-electron chi connectivity index (χ3n) is 3.78. The van der Waals surface area contributed by atoms with Gasteiger partial charge in [-0.2, -0.15) is 0 Å². The minimum Gasteiger partial charge on any atom is -0.334 e. The molecular formula is C14H18BrFN2O. The fourth-order valence-electron chi connectivity index (χ4n) is 2.66. The van der Waals surface area contributed by atoms with Crippen LogP contribution in [0.4, 0.5) is 4.39 Å². The minimum atomic E-state index is -0.416. The Bertz CT molecular complexity index is 481. The first-order valence-electron chi connectivity index (χ1n) is 6.50. The Morgan fingerprint density at radius 3 is 2.95 bits per heavy atom. The number of nitrogens with two attached hydrogens (primary N) is 1. The lowest BCUT2D eigenvalue weighted by atomic mass is 9.90. The highest BCUT2D eigenvalue weighted by Gasteiger charge is 2.31. The molecule has 0 aromatic heterocycles. The third-order valence-corrected chi connectivity index (χ3v) is 4.43. The zero-order valence-electron chi connectivity index (χ0n) is 10.9. The van der Waals surface area contributed by atoms with Crippen molar-refractivity contribution in [2.45, 2.75) is 25.8 Å². The van der Waals surface area contributed by atoms with Gasteiger partial charge in [0.05, 0.1) is 4.47 Å². The largest absolute Gasteiger partial charge is 0.334 e. The molecule has 3 nitrogen and oxygen atoms in total. The van der Waals surface area contributed by atoms with Crippen molar-refractivity contribution in [3.8, 4) is 0 Å². The van der Waals surface area contributed by atoms with Crippen molar-refractivity contribution in [2.75, 3.05) is 13.1 Å². The van der Waals surface area contributed by atoms with Gasteiger partial charge in [0.2, 0.25) is 0 Å². The lowest BCUT2D eigenvalue weighted by Gasteiger charge is -2.39. The van der Waals surface area contributed by atoms with E-state index in [0.29, 0.717) is 29.0 Å². The standard InChI is InChI=1S/C14H18BrFN2O/c1-9-3-2-6-18(13(9)8-17)14(19)10-4-5-11(15)12(16)7-10/h4-5,7,9,13H,2-3,6,8,17H2,1H3. The van der Waals surface area contributed by atoms with Gasteiger partial charge in [-0.25, -0.2) is 4.39 Å². The molecule has 1 saturated heterocycles. The van der Waals surface area contributed by atoms with E-state index in [2.05, 4.69) is 22.9 Å². The van der Waals surface area contributed by atoms with Gasteiger partial charge >= 0.3 is 0 Å². The number of halogens is 2. The van der Waals surface area contributed by atoms with Crippen molar-refractivity contribution in [2.24, 2.45) is 11.7 Å². The number of carbonyl (C=O) groups excluding carboxylic acids is 1. The van der Waals surface area contributed by atoms with Crippen LogP contribution in [0.25, 0.3) is 0 Å². The summed E-state index contributed by atoms with van der Waals surface area (Å²) in [5, 5.41) is 0. The van der Waals surface area contributed by atoms with E-state index in [9.17, 15) is 9.18 Å². The number of hydrogen-bond acceptors (Lipinski definition) is 2. The molecule has 1 aromatic carbocycles. The van der Waals surface area contributed by atoms with Crippen LogP contribution in [0.15, 0.2) is 22.7 Å². The summed E-state index contributed by atoms with van der Waals surface area (Å²) < 4.78 is 13.9. The zero-order chi connectivity index (χ0) is 14.0. The van der Waals surface area contributed by atoms with E-state index in [1.54, 1.807) is 17.0 Å². The second-order valence-electron chi connectivity index (χ2n) is 5.05. The summed E-state index contributed by atoms with van der Waals surface area (Å²) in [5.74, 6) is -0.156. The van der Waals surface area contributed by atoms with Gasteiger partial charge in [-0.15, -0.1) is 0 Å². The lowest BCUT2D eigenvalue weighted by Crippen LogP contribution is -2.51. The molecular weight excluding hydrogens is 311 g/mol. The maximum Gasteiger partial charge on any atom is 0.254 e. The van der Waals surface area contributed by atoms with Gasteiger partial charge in [-0.3, -0.25) is 4.79 Å². The average molecular weight is 329 g/mol. The van der Waals surface area contributed by atoms with Crippen LogP contribution in [0.2, 0.25) is 0 Å². The fourth-order valence-corrected chi connectivity index (χ4v) is 2.90. The molecule has 1 heterocycles. The van der Waals surface area contributed by atoms with Crippen LogP contribution in [-0.4, -0.2) is 29.9 Å². The maximum absolute atomic E-state index is 13.5. The molecule has 2 rings (SSSR count). The Morgan fingerprint density at radius 1 is 1.58 bits per heavy atom. The number of carbonyl (C=O) groups is 1. The summed E-state index contributed by atoms with van der Waals surface area (Å²) in [6.45, 7) is 3.26. The molecule has 1 amide bonds. The van der Waals surface area contributed by atoms with Gasteiger partial charge in [0.25, 0.3) is 5.91 Å². The van der Waals surface area contributed by atoms with Crippen LogP contribution in [0.5, 0.6) is 0 Å². The summed E-state index contributed by atoms with van der Waals surface area (Å²) >= 11 is 3.09. The van der Waals surface area contributed by atoms with Crippen molar-refractivity contribution in [3.63, 3.8) is 0 Å². The lowest BCUT2D eigenvalue weighted by molar-refractivity contribution is 0.0532. The third kappa shape index (κ3) is 2.98. The Hall–Kier alpha value is -0.940. The van der Waals surface area contributed by atoms with Crippen molar-refractivity contribution in [1.82, 2.24) is 4.90 Å². The highest BCUT2D eigenvalue weighted by molar-refractivity contribution is 9.10. The molecule has 5 heteroatoms. The van der Waals surface area contributed by atoms with Crippen LogP contribution in [0, 0.1) is 11.7 Å². The summed E-state index contributed by atoms with van der Waals surface area (Å²) in [6.07, 6.45) is 2.06. The molecule has 2 unspecified atom stereocenters. The van der Waals surface area contributed by atoms with E-state index in [0.717, 1.165) is 12.8 Å². The minimum absolute atomic E-state index is 0.0490. The van der Waals surface area contributed by atoms with E-state index in [1.807, 2.05) is 0 Å². The highest BCUT2D eigenvalue weighted by atomic mass is 79.9. The van der Waals surface area contributed by atoms with E-state index >= 15 is 0 Å². The number of amides is 1. The van der Waals surface area contributed by atoms with Gasteiger partial charge in [0, 0.05) is 24.7 Å². The van der Waals surface area contributed by atoms with Crippen LogP contribution in [-0.2, 0) is 0 Å². The molecule has 0 spiro atoms. The topological polar surface area (TPSA) is 46.3 Å². The number of hydrogen-bond donors (Lipinski definition) is 1. The first kappa shape index (κ1) is 14.5. The molecule has 1 aromatic rings. The van der Waals surface area contributed by atoms with Gasteiger partial charge < -0.3 is 10.6 Å². The molecule has 0 radical (unpaired) electrons. The first-order chi connectivity index (χ1) is 9.04. The predicted octanol–water partition coefficient (Wildman–Crippen LogP) is 2.79. The molecule has 19 heavy (non-hydrogen) atoms. The fraction of sp³-hybridized carbons (Fsp3) is 0.500. The quantitative estimate of drug-likeness (QED) is 0.907. The van der Waals surface area contributed by atoms with Crippen LogP contribution in [0.1, 0.15) is 30.1 Å². The molecule has 104 valence electrons. The molecule has 1 fully saturated rings. The Balaban J connectivity index is 2.24. The first-order valence-corrected chi connectivity index (χ1v) is 7.30. The number of likely N-dealkylation sites (tertiary alicyclic amines) is 1. The number of nitrogens with zero attached hydrogens (tertiary/aromatic N) is 1. The second-order valence-corrected chi connectivity index (χ2v) is 5.90. The van der Waals surface area contributed by atoms with Gasteiger partial charge in [0.1, 0.15) is 5.82 Å². The Morgan fingerprint density at radius 2 is 2.32 bits per heavy atom. The van der Waals surface area contributed by atoms with Crippen LogP contribution in [0.3, 0.4) is 0 Å². The molecule has 0 bridgehead atoms. The normalized spacial score (nSPS) is 23.5. The molecule has 1 aliphatic rings. The molecule has 2 atom stereocenters. The SMILES string of the molecule is CC1CCCN(C(=O)c2ccc(Br)c(F)c2)C1CN. The van der Waals surface area contributed by atoms with Crippen molar-refractivity contribution >= 4 is 21.8 Å². The van der Waals surface area contributed by atoms with Crippen molar-refractivity contribution in [1.29, 1.82) is 0 Å². The summed E-state index contributed by atoms with van der Waals surface area (Å²) in [5.41, 5.74) is 6.16. The summed E-state index contributed by atoms with van der Waals surface area (Å²) in [6, 6.07) is 4.53. The summed E-state index contributed by atoms with van der Waals surface area (Å²) in [7, 11) is 0. The highest BCUT2D eigenvalue weighted by Crippen LogP contribution is 2.25. The van der Waals surface area contributed by atoms with E-state index < -0.39 is 5.82 Å². The average Bonchev–Trinajstić information content (AvgIpc) is 2.40. The molecule has 2 N–H and O–H groups in total. The van der Waals surface area contributed by atoms with Crippen molar-refractivity contribution in [3.05, 3.63) is 34.1 Å². The van der Waals surface area contributed by atoms with Gasteiger partial charge in [0.15, 0.2) is 0 Å². The van der Waals surface area contributed by atoms with Gasteiger partial charge in [-0.1, -0.05) is 6.92 Å². The van der Waals surface area contributed by atoms with Crippen LogP contribution < -0.4 is 5.73 Å². The maximum atomic E-state index is 13.5. The Kier molecular flexibility index (Phi) is 4.58. The molecule has 0 saturated carbocycles. The molecule has 0 aliphatic carbocycles. The van der Waals surface area contributed by atoms with E-state index in [4.69, 9.17) is 5.73 Å². The monoisotopic (exact) mass is 328 g/mol. The number of benzene rings is 1. The van der Waals surface area contributed by atoms with E-state index in [1.165, 1.54) is 6.07 Å². The number of piperidine rings is 1. The molecule has 1 aliphatic heterocycles. The van der Waals surface area contributed by atoms with Crippen LogP contribution >= 0.6 is 15.9 Å². The predicted molar refractivity (Wildman–Crippen MR) is 76.4 cm³/mol. The second kappa shape index (κ2) is 6.01.